The third-order valence-corrected chi connectivity index (χ3v) is 6.07. The molecule has 0 fully saturated rings. The van der Waals surface area contributed by atoms with Crippen LogP contribution >= 0.6 is 0 Å². The molecule has 1 aliphatic rings. The Morgan fingerprint density at radius 3 is 2.55 bits per heavy atom. The molecule has 0 saturated carbocycles. The first-order valence-corrected chi connectivity index (χ1v) is 11.1. The normalized spacial score (nSPS) is 12.4. The number of aryl methyl sites for hydroxylation is 1. The van der Waals surface area contributed by atoms with Crippen LogP contribution in [0, 0.1) is 6.92 Å². The van der Waals surface area contributed by atoms with Crippen molar-refractivity contribution in [3.05, 3.63) is 83.7 Å². The molecule has 0 radical (unpaired) electrons. The first-order chi connectivity index (χ1) is 14.9. The lowest BCUT2D eigenvalue weighted by molar-refractivity contribution is 0.173. The predicted octanol–water partition coefficient (Wildman–Crippen LogP) is 3.22. The third kappa shape index (κ3) is 4.95. The van der Waals surface area contributed by atoms with E-state index < -0.39 is 16.1 Å². The number of hydrogen-bond donors (Lipinski definition) is 1. The Labute approximate surface area is 180 Å². The van der Waals surface area contributed by atoms with E-state index >= 15 is 0 Å². The monoisotopic (exact) mass is 439 g/mol. The van der Waals surface area contributed by atoms with E-state index in [-0.39, 0.29) is 24.8 Å². The van der Waals surface area contributed by atoms with Crippen molar-refractivity contribution in [2.24, 2.45) is 0 Å². The number of ether oxygens (including phenoxy) is 2. The average Bonchev–Trinajstić information content (AvgIpc) is 3.22. The lowest BCUT2D eigenvalue weighted by Crippen LogP contribution is -2.42. The SMILES string of the molecule is Cc1ccc(S(=O)(=O)NC(=O)N(Cc2ccc3c(c2)OCO3)Cc2ccccn2)cc1. The van der Waals surface area contributed by atoms with Gasteiger partial charge in [-0.1, -0.05) is 29.8 Å². The molecule has 0 aliphatic carbocycles. The maximum Gasteiger partial charge on any atom is 0.331 e. The molecular formula is C22H21N3O5S. The maximum atomic E-state index is 13.0. The van der Waals surface area contributed by atoms with Crippen LogP contribution < -0.4 is 14.2 Å². The largest absolute Gasteiger partial charge is 0.454 e. The molecule has 0 unspecified atom stereocenters. The fraction of sp³-hybridized carbons (Fsp3) is 0.182. The second-order valence-corrected chi connectivity index (χ2v) is 8.77. The van der Waals surface area contributed by atoms with Gasteiger partial charge in [0.25, 0.3) is 10.0 Å². The van der Waals surface area contributed by atoms with E-state index in [4.69, 9.17) is 9.47 Å². The number of nitrogens with zero attached hydrogens (tertiary/aromatic N) is 2. The predicted molar refractivity (Wildman–Crippen MR) is 113 cm³/mol. The Kier molecular flexibility index (Phi) is 5.77. The van der Waals surface area contributed by atoms with Crippen LogP contribution in [-0.4, -0.2) is 31.1 Å². The van der Waals surface area contributed by atoms with Crippen LogP contribution in [0.1, 0.15) is 16.8 Å². The molecule has 0 atom stereocenters. The lowest BCUT2D eigenvalue weighted by Gasteiger charge is -2.23. The molecule has 2 heterocycles. The van der Waals surface area contributed by atoms with E-state index in [0.717, 1.165) is 11.1 Å². The van der Waals surface area contributed by atoms with E-state index in [0.29, 0.717) is 17.2 Å². The molecule has 0 spiro atoms. The van der Waals surface area contributed by atoms with E-state index in [2.05, 4.69) is 9.71 Å². The number of amides is 2. The van der Waals surface area contributed by atoms with Crippen molar-refractivity contribution in [2.75, 3.05) is 6.79 Å². The van der Waals surface area contributed by atoms with Gasteiger partial charge in [0.2, 0.25) is 6.79 Å². The highest BCUT2D eigenvalue weighted by Gasteiger charge is 2.23. The number of urea groups is 1. The van der Waals surface area contributed by atoms with E-state index in [9.17, 15) is 13.2 Å². The smallest absolute Gasteiger partial charge is 0.331 e. The molecule has 4 rings (SSSR count). The first-order valence-electron chi connectivity index (χ1n) is 9.57. The van der Waals surface area contributed by atoms with Gasteiger partial charge < -0.3 is 14.4 Å². The fourth-order valence-electron chi connectivity index (χ4n) is 3.10. The summed E-state index contributed by atoms with van der Waals surface area (Å²) in [6.07, 6.45) is 1.62. The van der Waals surface area contributed by atoms with Gasteiger partial charge in [-0.15, -0.1) is 0 Å². The van der Waals surface area contributed by atoms with Crippen LogP contribution in [0.4, 0.5) is 4.79 Å². The highest BCUT2D eigenvalue weighted by atomic mass is 32.2. The number of nitrogens with one attached hydrogen (secondary N) is 1. The molecule has 1 aromatic heterocycles. The van der Waals surface area contributed by atoms with Crippen molar-refractivity contribution in [3.63, 3.8) is 0 Å². The van der Waals surface area contributed by atoms with Gasteiger partial charge in [-0.3, -0.25) is 4.98 Å². The van der Waals surface area contributed by atoms with Crippen molar-refractivity contribution in [2.45, 2.75) is 24.9 Å². The van der Waals surface area contributed by atoms with Gasteiger partial charge in [0.1, 0.15) is 0 Å². The summed E-state index contributed by atoms with van der Waals surface area (Å²) >= 11 is 0. The second-order valence-electron chi connectivity index (χ2n) is 7.09. The summed E-state index contributed by atoms with van der Waals surface area (Å²) in [5.74, 6) is 1.22. The standard InChI is InChI=1S/C22H21N3O5S/c1-16-5-8-19(9-6-16)31(27,28)24-22(26)25(14-18-4-2-3-11-23-18)13-17-7-10-20-21(12-17)30-15-29-20/h2-12H,13-15H2,1H3,(H,24,26). The number of carbonyl (C=O) groups excluding carboxylic acids is 1. The van der Waals surface area contributed by atoms with Gasteiger partial charge in [0.05, 0.1) is 17.1 Å². The highest BCUT2D eigenvalue weighted by Crippen LogP contribution is 2.33. The average molecular weight is 439 g/mol. The summed E-state index contributed by atoms with van der Waals surface area (Å²) < 4.78 is 38.3. The third-order valence-electron chi connectivity index (χ3n) is 4.73. The molecule has 8 nitrogen and oxygen atoms in total. The zero-order valence-corrected chi connectivity index (χ0v) is 17.6. The van der Waals surface area contributed by atoms with Gasteiger partial charge in [-0.2, -0.15) is 0 Å². The van der Waals surface area contributed by atoms with Crippen molar-refractivity contribution in [1.29, 1.82) is 0 Å². The minimum absolute atomic E-state index is 0.0207. The van der Waals surface area contributed by atoms with E-state index in [1.165, 1.54) is 17.0 Å². The van der Waals surface area contributed by atoms with Gasteiger partial charge in [-0.25, -0.2) is 17.9 Å². The Hall–Kier alpha value is -3.59. The number of sulfonamides is 1. The summed E-state index contributed by atoms with van der Waals surface area (Å²) in [6, 6.07) is 16.2. The Morgan fingerprint density at radius 1 is 1.03 bits per heavy atom. The summed E-state index contributed by atoms with van der Waals surface area (Å²) in [4.78, 5) is 18.6. The number of benzene rings is 2. The summed E-state index contributed by atoms with van der Waals surface area (Å²) in [5, 5.41) is 0. The van der Waals surface area contributed by atoms with Crippen molar-refractivity contribution in [1.82, 2.24) is 14.6 Å². The zero-order chi connectivity index (χ0) is 21.8. The van der Waals surface area contributed by atoms with Crippen LogP contribution in [0.2, 0.25) is 0 Å². The summed E-state index contributed by atoms with van der Waals surface area (Å²) in [5.41, 5.74) is 2.32. The summed E-state index contributed by atoms with van der Waals surface area (Å²) in [7, 11) is -4.02. The topological polar surface area (TPSA) is 97.8 Å². The van der Waals surface area contributed by atoms with Gasteiger partial charge in [0, 0.05) is 12.7 Å². The number of hydrogen-bond acceptors (Lipinski definition) is 6. The highest BCUT2D eigenvalue weighted by molar-refractivity contribution is 7.90. The van der Waals surface area contributed by atoms with Gasteiger partial charge in [0.15, 0.2) is 11.5 Å². The second kappa shape index (κ2) is 8.65. The molecule has 1 N–H and O–H groups in total. The minimum Gasteiger partial charge on any atom is -0.454 e. The fourth-order valence-corrected chi connectivity index (χ4v) is 4.07. The molecule has 9 heteroatoms. The zero-order valence-electron chi connectivity index (χ0n) is 16.8. The Balaban J connectivity index is 1.57. The maximum absolute atomic E-state index is 13.0. The van der Waals surface area contributed by atoms with Gasteiger partial charge >= 0.3 is 6.03 Å². The van der Waals surface area contributed by atoms with Crippen LogP contribution in [0.5, 0.6) is 11.5 Å². The molecule has 2 aromatic carbocycles. The molecule has 0 saturated heterocycles. The van der Waals surface area contributed by atoms with E-state index in [1.807, 2.05) is 13.0 Å². The number of pyridine rings is 1. The Morgan fingerprint density at radius 2 is 1.81 bits per heavy atom. The molecule has 3 aromatic rings. The molecule has 0 bridgehead atoms. The first kappa shape index (κ1) is 20.7. The minimum atomic E-state index is -4.02. The number of aromatic nitrogens is 1. The Bertz CT molecular complexity index is 1180. The molecule has 31 heavy (non-hydrogen) atoms. The molecular weight excluding hydrogens is 418 g/mol. The van der Waals surface area contributed by atoms with Crippen LogP contribution in [0.25, 0.3) is 0 Å². The number of fused-ring (bicyclic) bond motifs is 1. The quantitative estimate of drug-likeness (QED) is 0.633. The van der Waals surface area contributed by atoms with Crippen molar-refractivity contribution < 1.29 is 22.7 Å². The van der Waals surface area contributed by atoms with Crippen LogP contribution in [0.3, 0.4) is 0 Å². The van der Waals surface area contributed by atoms with Gasteiger partial charge in [-0.05, 0) is 48.9 Å². The van der Waals surface area contributed by atoms with E-state index in [1.54, 1.807) is 48.7 Å². The summed E-state index contributed by atoms with van der Waals surface area (Å²) in [6.45, 7) is 2.29. The van der Waals surface area contributed by atoms with Crippen molar-refractivity contribution >= 4 is 16.1 Å². The molecule has 2 amide bonds. The number of rotatable bonds is 6. The van der Waals surface area contributed by atoms with Crippen LogP contribution in [-0.2, 0) is 23.1 Å². The van der Waals surface area contributed by atoms with Crippen molar-refractivity contribution in [3.8, 4) is 11.5 Å². The lowest BCUT2D eigenvalue weighted by atomic mass is 10.2. The molecule has 160 valence electrons. The molecule has 1 aliphatic heterocycles. The number of carbonyl (C=O) groups is 1. The van der Waals surface area contributed by atoms with Crippen LogP contribution in [0.15, 0.2) is 71.8 Å².